The quantitative estimate of drug-likeness (QED) is 0.335. The highest BCUT2D eigenvalue weighted by atomic mass is 35.5. The minimum absolute atomic E-state index is 0.824. The molecular weight excluding hydrogens is 510 g/mol. The molecule has 0 amide bonds. The van der Waals surface area contributed by atoms with Crippen molar-refractivity contribution in [3.8, 4) is 0 Å². The van der Waals surface area contributed by atoms with Crippen molar-refractivity contribution >= 4 is 34.9 Å². The van der Waals surface area contributed by atoms with E-state index in [1.807, 2.05) is 12.3 Å². The molecule has 0 saturated heterocycles. The van der Waals surface area contributed by atoms with E-state index in [4.69, 9.17) is 37.0 Å². The maximum absolute atomic E-state index is 9.77. The molecule has 5 N–H and O–H groups in total. The van der Waals surface area contributed by atoms with Crippen LogP contribution in [-0.2, 0) is 28.9 Å². The second-order valence-corrected chi connectivity index (χ2v) is 10.4. The van der Waals surface area contributed by atoms with E-state index in [9.17, 15) is 9.59 Å². The summed E-state index contributed by atoms with van der Waals surface area (Å²) in [5.41, 5.74) is 6.24. The van der Waals surface area contributed by atoms with Crippen molar-refractivity contribution in [2.75, 3.05) is 25.0 Å². The van der Waals surface area contributed by atoms with E-state index < -0.39 is 24.1 Å². The van der Waals surface area contributed by atoms with Crippen molar-refractivity contribution in [2.45, 2.75) is 70.0 Å². The van der Waals surface area contributed by atoms with Gasteiger partial charge in [0.1, 0.15) is 0 Å². The van der Waals surface area contributed by atoms with E-state index in [2.05, 4.69) is 35.5 Å². The van der Waals surface area contributed by atoms with Gasteiger partial charge in [0.15, 0.2) is 12.2 Å². The third kappa shape index (κ3) is 8.14. The molecule has 4 rings (SSSR count). The molecule has 1 aromatic carbocycles. The van der Waals surface area contributed by atoms with Crippen LogP contribution in [0.4, 0.5) is 11.4 Å². The van der Waals surface area contributed by atoms with Crippen LogP contribution in [0.1, 0.15) is 55.3 Å². The zero-order valence-electron chi connectivity index (χ0n) is 21.8. The number of nitrogens with one attached hydrogen (secondary N) is 1. The summed E-state index contributed by atoms with van der Waals surface area (Å²) in [6, 6.07) is 8.64. The van der Waals surface area contributed by atoms with Crippen molar-refractivity contribution in [2.24, 2.45) is 5.92 Å². The molecule has 38 heavy (non-hydrogen) atoms. The highest BCUT2D eigenvalue weighted by molar-refractivity contribution is 6.33. The van der Waals surface area contributed by atoms with Gasteiger partial charge < -0.3 is 30.6 Å². The van der Waals surface area contributed by atoms with Gasteiger partial charge in [-0.25, -0.2) is 9.59 Å². The van der Waals surface area contributed by atoms with Crippen LogP contribution in [-0.4, -0.2) is 69.7 Å². The van der Waals surface area contributed by atoms with Crippen LogP contribution >= 0.6 is 11.6 Å². The fraction of sp³-hybridized carbons (Fsp3) is 0.536. The molecule has 208 valence electrons. The number of carboxylic acids is 2. The first-order valence-corrected chi connectivity index (χ1v) is 13.6. The molecule has 2 aliphatic rings. The first-order chi connectivity index (χ1) is 18.2. The monoisotopic (exact) mass is 547 g/mol. The summed E-state index contributed by atoms with van der Waals surface area (Å²) in [6.45, 7) is 2.04. The van der Waals surface area contributed by atoms with Crippen LogP contribution in [0.25, 0.3) is 0 Å². The fourth-order valence-corrected chi connectivity index (χ4v) is 5.38. The number of aliphatic carboxylic acids is 2. The molecule has 9 nitrogen and oxygen atoms in total. The first-order valence-electron chi connectivity index (χ1n) is 13.2. The summed E-state index contributed by atoms with van der Waals surface area (Å²) < 4.78 is 0. The Morgan fingerprint density at radius 1 is 1.03 bits per heavy atom. The van der Waals surface area contributed by atoms with Crippen LogP contribution < -0.4 is 10.2 Å². The second kappa shape index (κ2) is 14.4. The number of nitrogens with zero attached hydrogens (tertiary/aromatic N) is 2. The average molecular weight is 548 g/mol. The van der Waals surface area contributed by atoms with E-state index in [-0.39, 0.29) is 0 Å². The Kier molecular flexibility index (Phi) is 11.3. The standard InChI is InChI=1S/C24H32ClN3.C4H6O6/c1-28(24-22-14-16-26-15-13-19(22)8-12-23(24)25)21-11-10-20(27-17-21)9-7-18-5-3-2-4-6-18;5-1(3(7)8)2(6)4(9)10/h8,10-12,17-18,26H,2-7,9,13-16H2,1H3;1-2,5-6H,(H,7,8)(H,9,10)/t;1-,2-/m.1/s1. The number of pyridine rings is 1. The Balaban J connectivity index is 0.000000342. The van der Waals surface area contributed by atoms with Crippen LogP contribution in [0.15, 0.2) is 30.5 Å². The molecule has 0 bridgehead atoms. The van der Waals surface area contributed by atoms with Gasteiger partial charge in [-0.15, -0.1) is 0 Å². The van der Waals surface area contributed by atoms with Gasteiger partial charge in [-0.2, -0.15) is 0 Å². The Morgan fingerprint density at radius 2 is 1.68 bits per heavy atom. The van der Waals surface area contributed by atoms with E-state index in [0.717, 1.165) is 54.7 Å². The van der Waals surface area contributed by atoms with Crippen molar-refractivity contribution in [3.63, 3.8) is 0 Å². The number of carboxylic acid groups (broad SMARTS) is 2. The molecule has 1 aliphatic heterocycles. The highest BCUT2D eigenvalue weighted by Gasteiger charge is 2.29. The van der Waals surface area contributed by atoms with Gasteiger partial charge >= 0.3 is 11.9 Å². The van der Waals surface area contributed by atoms with E-state index in [0.29, 0.717) is 0 Å². The maximum atomic E-state index is 9.77. The Hall–Kier alpha value is -2.72. The van der Waals surface area contributed by atoms with Crippen molar-refractivity contribution in [1.82, 2.24) is 10.3 Å². The largest absolute Gasteiger partial charge is 0.479 e. The second-order valence-electron chi connectivity index (χ2n) is 9.96. The number of benzene rings is 1. The summed E-state index contributed by atoms with van der Waals surface area (Å²) in [4.78, 5) is 26.5. The number of hydrogen-bond donors (Lipinski definition) is 5. The summed E-state index contributed by atoms with van der Waals surface area (Å²) >= 11 is 6.64. The number of rotatable bonds is 8. The predicted molar refractivity (Wildman–Crippen MR) is 146 cm³/mol. The average Bonchev–Trinajstić information content (AvgIpc) is 3.17. The molecule has 10 heteroatoms. The Bertz CT molecular complexity index is 1060. The van der Waals surface area contributed by atoms with Crippen molar-refractivity contribution in [1.29, 1.82) is 0 Å². The fourth-order valence-electron chi connectivity index (χ4n) is 5.08. The number of hydrogen-bond acceptors (Lipinski definition) is 7. The van der Waals surface area contributed by atoms with Crippen molar-refractivity contribution in [3.05, 3.63) is 52.3 Å². The molecule has 2 aromatic rings. The minimum atomic E-state index is -2.27. The van der Waals surface area contributed by atoms with Gasteiger partial charge in [0.05, 0.1) is 22.6 Å². The molecule has 1 aromatic heterocycles. The SMILES string of the molecule is CN(c1ccc(CCC2CCCCC2)nc1)c1c(Cl)ccc2c1CCNCC2.O=C(O)[C@H](O)[C@@H](O)C(=O)O. The third-order valence-corrected chi connectivity index (χ3v) is 7.63. The molecular formula is C28H38ClN3O6. The van der Waals surface area contributed by atoms with E-state index in [1.54, 1.807) is 0 Å². The zero-order chi connectivity index (χ0) is 27.7. The number of aryl methyl sites for hydroxylation is 1. The third-order valence-electron chi connectivity index (χ3n) is 7.32. The summed E-state index contributed by atoms with van der Waals surface area (Å²) in [5.74, 6) is -2.63. The van der Waals surface area contributed by atoms with Crippen LogP contribution in [0, 0.1) is 5.92 Å². The number of fused-ring (bicyclic) bond motifs is 1. The van der Waals surface area contributed by atoms with Gasteiger partial charge in [0.2, 0.25) is 0 Å². The van der Waals surface area contributed by atoms with Gasteiger partial charge in [-0.05, 0) is 74.0 Å². The zero-order valence-corrected chi connectivity index (χ0v) is 22.5. The predicted octanol–water partition coefficient (Wildman–Crippen LogP) is 3.58. The molecule has 0 spiro atoms. The van der Waals surface area contributed by atoms with Crippen molar-refractivity contribution < 1.29 is 30.0 Å². The summed E-state index contributed by atoms with van der Waals surface area (Å²) in [7, 11) is 2.11. The lowest BCUT2D eigenvalue weighted by atomic mass is 9.86. The van der Waals surface area contributed by atoms with Crippen LogP contribution in [0.5, 0.6) is 0 Å². The Labute approximate surface area is 228 Å². The summed E-state index contributed by atoms with van der Waals surface area (Å²) in [6.07, 6.45) is 9.02. The molecule has 1 saturated carbocycles. The molecule has 1 fully saturated rings. The number of aliphatic hydroxyl groups excluding tert-OH is 2. The van der Waals surface area contributed by atoms with Gasteiger partial charge in [0, 0.05) is 12.7 Å². The lowest BCUT2D eigenvalue weighted by molar-refractivity contribution is -0.165. The maximum Gasteiger partial charge on any atom is 0.335 e. The van der Waals surface area contributed by atoms with Crippen LogP contribution in [0.3, 0.4) is 0 Å². The molecule has 1 aliphatic carbocycles. The number of aromatic nitrogens is 1. The number of carbonyl (C=O) groups is 2. The minimum Gasteiger partial charge on any atom is -0.479 e. The van der Waals surface area contributed by atoms with E-state index in [1.165, 1.54) is 55.3 Å². The lowest BCUT2D eigenvalue weighted by Crippen LogP contribution is -2.39. The lowest BCUT2D eigenvalue weighted by Gasteiger charge is -2.25. The van der Waals surface area contributed by atoms with Gasteiger partial charge in [-0.1, -0.05) is 49.8 Å². The molecule has 0 radical (unpaired) electrons. The number of anilines is 2. The molecule has 2 heterocycles. The normalized spacial score (nSPS) is 17.3. The number of halogens is 1. The van der Waals surface area contributed by atoms with E-state index >= 15 is 0 Å². The molecule has 0 unspecified atom stereocenters. The highest BCUT2D eigenvalue weighted by Crippen LogP contribution is 2.37. The van der Waals surface area contributed by atoms with Gasteiger partial charge in [-0.3, -0.25) is 4.98 Å². The molecule has 2 atom stereocenters. The Morgan fingerprint density at radius 3 is 2.29 bits per heavy atom. The smallest absolute Gasteiger partial charge is 0.335 e. The first kappa shape index (κ1) is 29.8. The topological polar surface area (TPSA) is 143 Å². The number of aliphatic hydroxyl groups is 2. The van der Waals surface area contributed by atoms with Crippen LogP contribution in [0.2, 0.25) is 5.02 Å². The van der Waals surface area contributed by atoms with Gasteiger partial charge in [0.25, 0.3) is 0 Å². The summed E-state index contributed by atoms with van der Waals surface area (Å²) in [5, 5.41) is 36.8.